The first-order valence-electron chi connectivity index (χ1n) is 3.47. The van der Waals surface area contributed by atoms with E-state index in [0.717, 1.165) is 6.07 Å². The van der Waals surface area contributed by atoms with Gasteiger partial charge in [-0.1, -0.05) is 15.9 Å². The summed E-state index contributed by atoms with van der Waals surface area (Å²) < 4.78 is 24.5. The standard InChI is InChI=1S/C8H6BrF2NO/c9-3-6-1-5(8(10)11)2-7(4-13)12-6/h1-2,4,8H,3H2. The highest BCUT2D eigenvalue weighted by Crippen LogP contribution is 2.20. The molecule has 0 saturated carbocycles. The molecule has 0 saturated heterocycles. The van der Waals surface area contributed by atoms with Crippen LogP contribution in [-0.2, 0) is 5.33 Å². The molecule has 0 bridgehead atoms. The van der Waals surface area contributed by atoms with Gasteiger partial charge in [0.25, 0.3) is 6.43 Å². The largest absolute Gasteiger partial charge is 0.296 e. The second-order valence-electron chi connectivity index (χ2n) is 2.37. The second kappa shape index (κ2) is 4.41. The van der Waals surface area contributed by atoms with E-state index < -0.39 is 6.43 Å². The summed E-state index contributed by atoms with van der Waals surface area (Å²) in [5, 5.41) is 0.356. The Hall–Kier alpha value is -0.840. The highest BCUT2D eigenvalue weighted by atomic mass is 79.9. The van der Waals surface area contributed by atoms with Crippen molar-refractivity contribution < 1.29 is 13.6 Å². The van der Waals surface area contributed by atoms with E-state index >= 15 is 0 Å². The number of halogens is 3. The van der Waals surface area contributed by atoms with Crippen LogP contribution in [0.2, 0.25) is 0 Å². The van der Waals surface area contributed by atoms with Crippen LogP contribution in [0, 0.1) is 0 Å². The summed E-state index contributed by atoms with van der Waals surface area (Å²) in [5.41, 5.74) is 0.290. The molecule has 1 aromatic heterocycles. The van der Waals surface area contributed by atoms with Crippen molar-refractivity contribution in [1.29, 1.82) is 0 Å². The third kappa shape index (κ3) is 2.55. The lowest BCUT2D eigenvalue weighted by molar-refractivity contribution is 0.111. The van der Waals surface area contributed by atoms with Gasteiger partial charge in [0.15, 0.2) is 6.29 Å². The molecule has 2 nitrogen and oxygen atoms in total. The van der Waals surface area contributed by atoms with Gasteiger partial charge in [-0.2, -0.15) is 0 Å². The molecule has 5 heteroatoms. The van der Waals surface area contributed by atoms with Gasteiger partial charge < -0.3 is 0 Å². The fraction of sp³-hybridized carbons (Fsp3) is 0.250. The predicted octanol–water partition coefficient (Wildman–Crippen LogP) is 2.73. The average molecular weight is 250 g/mol. The van der Waals surface area contributed by atoms with Crippen LogP contribution in [0.15, 0.2) is 12.1 Å². The van der Waals surface area contributed by atoms with Crippen LogP contribution in [0.5, 0.6) is 0 Å². The molecule has 70 valence electrons. The first-order chi connectivity index (χ1) is 6.17. The van der Waals surface area contributed by atoms with Crippen LogP contribution in [0.1, 0.15) is 28.2 Å². The monoisotopic (exact) mass is 249 g/mol. The fourth-order valence-electron chi connectivity index (χ4n) is 0.890. The second-order valence-corrected chi connectivity index (χ2v) is 2.93. The summed E-state index contributed by atoms with van der Waals surface area (Å²) in [6, 6.07) is 2.36. The SMILES string of the molecule is O=Cc1cc(C(F)F)cc(CBr)n1. The van der Waals surface area contributed by atoms with Crippen molar-refractivity contribution in [2.75, 3.05) is 0 Å². The lowest BCUT2D eigenvalue weighted by Crippen LogP contribution is -1.96. The molecular formula is C8H6BrF2NO. The van der Waals surface area contributed by atoms with Gasteiger partial charge in [0, 0.05) is 10.9 Å². The number of pyridine rings is 1. The van der Waals surface area contributed by atoms with E-state index in [1.54, 1.807) is 0 Å². The number of alkyl halides is 3. The molecule has 0 N–H and O–H groups in total. The highest BCUT2D eigenvalue weighted by molar-refractivity contribution is 9.08. The van der Waals surface area contributed by atoms with E-state index in [1.165, 1.54) is 6.07 Å². The van der Waals surface area contributed by atoms with Gasteiger partial charge in [0.1, 0.15) is 5.69 Å². The molecule has 13 heavy (non-hydrogen) atoms. The zero-order valence-electron chi connectivity index (χ0n) is 6.51. The Morgan fingerprint density at radius 1 is 1.54 bits per heavy atom. The Morgan fingerprint density at radius 3 is 2.69 bits per heavy atom. The quantitative estimate of drug-likeness (QED) is 0.609. The lowest BCUT2D eigenvalue weighted by Gasteiger charge is -2.02. The van der Waals surface area contributed by atoms with E-state index in [0.29, 0.717) is 17.3 Å². The van der Waals surface area contributed by atoms with E-state index in [9.17, 15) is 13.6 Å². The lowest BCUT2D eigenvalue weighted by atomic mass is 10.2. The van der Waals surface area contributed by atoms with Crippen LogP contribution in [0.25, 0.3) is 0 Å². The van der Waals surface area contributed by atoms with Gasteiger partial charge in [-0.05, 0) is 12.1 Å². The number of nitrogens with zero attached hydrogens (tertiary/aromatic N) is 1. The maximum absolute atomic E-state index is 12.2. The van der Waals surface area contributed by atoms with Crippen LogP contribution >= 0.6 is 15.9 Å². The van der Waals surface area contributed by atoms with E-state index in [1.807, 2.05) is 0 Å². The Morgan fingerprint density at radius 2 is 2.23 bits per heavy atom. The minimum Gasteiger partial charge on any atom is -0.296 e. The Bertz CT molecular complexity index is 317. The molecular weight excluding hydrogens is 244 g/mol. The first-order valence-corrected chi connectivity index (χ1v) is 4.59. The summed E-state index contributed by atoms with van der Waals surface area (Å²) in [7, 11) is 0. The topological polar surface area (TPSA) is 30.0 Å². The van der Waals surface area contributed by atoms with Crippen molar-refractivity contribution in [2.45, 2.75) is 11.8 Å². The molecule has 0 atom stereocenters. The normalized spacial score (nSPS) is 10.5. The molecule has 0 amide bonds. The molecule has 1 aromatic rings. The number of carbonyl (C=O) groups is 1. The molecule has 0 unspecified atom stereocenters. The van der Waals surface area contributed by atoms with Crippen molar-refractivity contribution in [1.82, 2.24) is 4.98 Å². The maximum atomic E-state index is 12.2. The molecule has 0 fully saturated rings. The van der Waals surface area contributed by atoms with E-state index in [-0.39, 0.29) is 11.3 Å². The number of carbonyl (C=O) groups excluding carboxylic acids is 1. The summed E-state index contributed by atoms with van der Waals surface area (Å²) in [4.78, 5) is 14.1. The van der Waals surface area contributed by atoms with Gasteiger partial charge in [-0.3, -0.25) is 4.79 Å². The third-order valence-electron chi connectivity index (χ3n) is 1.43. The van der Waals surface area contributed by atoms with Gasteiger partial charge in [-0.15, -0.1) is 0 Å². The number of aldehydes is 1. The molecule has 0 spiro atoms. The number of rotatable bonds is 3. The molecule has 0 aliphatic heterocycles. The van der Waals surface area contributed by atoms with Crippen molar-refractivity contribution in [2.24, 2.45) is 0 Å². The summed E-state index contributed by atoms with van der Waals surface area (Å²) in [6.45, 7) is 0. The summed E-state index contributed by atoms with van der Waals surface area (Å²) >= 11 is 3.08. The van der Waals surface area contributed by atoms with Crippen molar-refractivity contribution in [3.63, 3.8) is 0 Å². The summed E-state index contributed by atoms with van der Waals surface area (Å²) in [6.07, 6.45) is -2.11. The molecule has 1 heterocycles. The van der Waals surface area contributed by atoms with Crippen LogP contribution < -0.4 is 0 Å². The molecule has 0 aliphatic rings. The Kier molecular flexibility index (Phi) is 3.48. The number of aromatic nitrogens is 1. The number of hydrogen-bond acceptors (Lipinski definition) is 2. The Labute approximate surface area is 82.1 Å². The van der Waals surface area contributed by atoms with E-state index in [2.05, 4.69) is 20.9 Å². The number of hydrogen-bond donors (Lipinski definition) is 0. The average Bonchev–Trinajstić information content (AvgIpc) is 2.16. The van der Waals surface area contributed by atoms with Crippen molar-refractivity contribution >= 4 is 22.2 Å². The molecule has 1 rings (SSSR count). The zero-order valence-corrected chi connectivity index (χ0v) is 8.09. The minimum atomic E-state index is -2.57. The van der Waals surface area contributed by atoms with Crippen molar-refractivity contribution in [3.8, 4) is 0 Å². The van der Waals surface area contributed by atoms with Gasteiger partial charge in [0.05, 0.1) is 5.69 Å². The van der Waals surface area contributed by atoms with Crippen LogP contribution in [0.4, 0.5) is 8.78 Å². The molecule has 0 aromatic carbocycles. The van der Waals surface area contributed by atoms with Crippen LogP contribution in [-0.4, -0.2) is 11.3 Å². The van der Waals surface area contributed by atoms with Gasteiger partial charge in [0.2, 0.25) is 0 Å². The van der Waals surface area contributed by atoms with Gasteiger partial charge >= 0.3 is 0 Å². The molecule has 0 aliphatic carbocycles. The van der Waals surface area contributed by atoms with E-state index in [4.69, 9.17) is 0 Å². The molecule has 0 radical (unpaired) electrons. The minimum absolute atomic E-state index is 0.0345. The highest BCUT2D eigenvalue weighted by Gasteiger charge is 2.09. The van der Waals surface area contributed by atoms with Crippen molar-refractivity contribution in [3.05, 3.63) is 29.1 Å². The predicted molar refractivity (Wildman–Crippen MR) is 47.2 cm³/mol. The van der Waals surface area contributed by atoms with Crippen LogP contribution in [0.3, 0.4) is 0 Å². The fourth-order valence-corrected chi connectivity index (χ4v) is 1.18. The third-order valence-corrected chi connectivity index (χ3v) is 2.00. The zero-order chi connectivity index (χ0) is 9.84. The maximum Gasteiger partial charge on any atom is 0.263 e. The smallest absolute Gasteiger partial charge is 0.263 e. The van der Waals surface area contributed by atoms with Gasteiger partial charge in [-0.25, -0.2) is 13.8 Å². The summed E-state index contributed by atoms with van der Waals surface area (Å²) in [5.74, 6) is 0. The first kappa shape index (κ1) is 10.2. The Balaban J connectivity index is 3.14.